The van der Waals surface area contributed by atoms with E-state index in [2.05, 4.69) is 5.32 Å². The minimum absolute atomic E-state index is 0.0364. The molecule has 2 nitrogen and oxygen atoms in total. The summed E-state index contributed by atoms with van der Waals surface area (Å²) in [6, 6.07) is 5.61. The third-order valence-electron chi connectivity index (χ3n) is 1.77. The van der Waals surface area contributed by atoms with E-state index in [0.29, 0.717) is 18.5 Å². The van der Waals surface area contributed by atoms with E-state index in [1.165, 1.54) is 24.3 Å². The summed E-state index contributed by atoms with van der Waals surface area (Å²) >= 11 is 0. The van der Waals surface area contributed by atoms with Gasteiger partial charge in [-0.25, -0.2) is 4.39 Å². The van der Waals surface area contributed by atoms with Crippen LogP contribution in [-0.4, -0.2) is 19.4 Å². The summed E-state index contributed by atoms with van der Waals surface area (Å²) in [6.45, 7) is 0.649. The van der Waals surface area contributed by atoms with Gasteiger partial charge in [-0.3, -0.25) is 4.79 Å². The molecule has 1 aromatic carbocycles. The number of carbonyl (C=O) groups is 1. The molecule has 0 bridgehead atoms. The molecule has 0 saturated heterocycles. The van der Waals surface area contributed by atoms with Crippen molar-refractivity contribution in [2.45, 2.75) is 6.42 Å². The van der Waals surface area contributed by atoms with Crippen LogP contribution in [0.2, 0.25) is 0 Å². The first kappa shape index (κ1) is 9.86. The molecule has 0 radical (unpaired) electrons. The lowest BCUT2D eigenvalue weighted by Gasteiger charge is -1.99. The van der Waals surface area contributed by atoms with E-state index in [9.17, 15) is 9.18 Å². The van der Waals surface area contributed by atoms with Crippen molar-refractivity contribution < 1.29 is 9.18 Å². The highest BCUT2D eigenvalue weighted by Crippen LogP contribution is 2.05. The Bertz CT molecular complexity index is 281. The summed E-state index contributed by atoms with van der Waals surface area (Å²) in [6.07, 6.45) is 0.447. The molecule has 0 fully saturated rings. The SMILES string of the molecule is CNCCC(=O)c1ccc(F)cc1. The molecule has 0 unspecified atom stereocenters. The maximum absolute atomic E-state index is 12.5. The normalized spacial score (nSPS) is 10.0. The van der Waals surface area contributed by atoms with E-state index in [1.54, 1.807) is 7.05 Å². The number of nitrogens with one attached hydrogen (secondary N) is 1. The second-order valence-electron chi connectivity index (χ2n) is 2.78. The first-order chi connectivity index (χ1) is 6.24. The van der Waals surface area contributed by atoms with Gasteiger partial charge >= 0.3 is 0 Å². The quantitative estimate of drug-likeness (QED) is 0.715. The molecule has 1 rings (SSSR count). The van der Waals surface area contributed by atoms with Crippen LogP contribution in [-0.2, 0) is 0 Å². The number of benzene rings is 1. The lowest BCUT2D eigenvalue weighted by atomic mass is 10.1. The summed E-state index contributed by atoms with van der Waals surface area (Å²) in [5.74, 6) is -0.278. The standard InChI is InChI=1S/C10H12FNO/c1-12-7-6-10(13)8-2-4-9(11)5-3-8/h2-5,12H,6-7H2,1H3. The second kappa shape index (κ2) is 4.72. The monoisotopic (exact) mass is 181 g/mol. The van der Waals surface area contributed by atoms with Crippen LogP contribution in [0.5, 0.6) is 0 Å². The summed E-state index contributed by atoms with van der Waals surface area (Å²) in [5.41, 5.74) is 0.566. The predicted octanol–water partition coefficient (Wildman–Crippen LogP) is 1.62. The molecule has 13 heavy (non-hydrogen) atoms. The predicted molar refractivity (Wildman–Crippen MR) is 49.3 cm³/mol. The van der Waals surface area contributed by atoms with Gasteiger partial charge in [-0.1, -0.05) is 0 Å². The number of carbonyl (C=O) groups excluding carboxylic acids is 1. The zero-order valence-corrected chi connectivity index (χ0v) is 7.51. The maximum atomic E-state index is 12.5. The van der Waals surface area contributed by atoms with E-state index in [0.717, 1.165) is 0 Å². The van der Waals surface area contributed by atoms with Gasteiger partial charge in [-0.15, -0.1) is 0 Å². The van der Waals surface area contributed by atoms with E-state index >= 15 is 0 Å². The third-order valence-corrected chi connectivity index (χ3v) is 1.77. The lowest BCUT2D eigenvalue weighted by molar-refractivity contribution is 0.0983. The fourth-order valence-electron chi connectivity index (χ4n) is 1.02. The molecule has 0 atom stereocenters. The molecule has 0 saturated carbocycles. The molecule has 3 heteroatoms. The van der Waals surface area contributed by atoms with Crippen molar-refractivity contribution in [3.8, 4) is 0 Å². The Morgan fingerprint density at radius 1 is 1.38 bits per heavy atom. The molecule has 0 amide bonds. The molecule has 0 aliphatic carbocycles. The highest BCUT2D eigenvalue weighted by molar-refractivity contribution is 5.96. The topological polar surface area (TPSA) is 29.1 Å². The first-order valence-electron chi connectivity index (χ1n) is 4.17. The van der Waals surface area contributed by atoms with Crippen LogP contribution in [0.15, 0.2) is 24.3 Å². The number of ketones is 1. The largest absolute Gasteiger partial charge is 0.319 e. The molecule has 0 heterocycles. The number of hydrogen-bond donors (Lipinski definition) is 1. The van der Waals surface area contributed by atoms with Gasteiger partial charge in [0.15, 0.2) is 5.78 Å². The number of Topliss-reactive ketones (excluding diaryl/α,β-unsaturated/α-hetero) is 1. The number of halogens is 1. The van der Waals surface area contributed by atoms with Crippen LogP contribution < -0.4 is 5.32 Å². The fraction of sp³-hybridized carbons (Fsp3) is 0.300. The second-order valence-corrected chi connectivity index (χ2v) is 2.78. The molecular weight excluding hydrogens is 169 g/mol. The lowest BCUT2D eigenvalue weighted by Crippen LogP contribution is -2.12. The fourth-order valence-corrected chi connectivity index (χ4v) is 1.02. The van der Waals surface area contributed by atoms with Crippen molar-refractivity contribution in [3.05, 3.63) is 35.6 Å². The van der Waals surface area contributed by atoms with Gasteiger partial charge in [-0.05, 0) is 31.3 Å². The van der Waals surface area contributed by atoms with Gasteiger partial charge in [0.1, 0.15) is 5.82 Å². The van der Waals surface area contributed by atoms with Crippen LogP contribution in [0.3, 0.4) is 0 Å². The van der Waals surface area contributed by atoms with Crippen LogP contribution in [0.1, 0.15) is 16.8 Å². The first-order valence-corrected chi connectivity index (χ1v) is 4.17. The summed E-state index contributed by atoms with van der Waals surface area (Å²) in [5, 5.41) is 2.88. The third kappa shape index (κ3) is 2.95. The summed E-state index contributed by atoms with van der Waals surface area (Å²) in [4.78, 5) is 11.4. The molecular formula is C10H12FNO. The Hall–Kier alpha value is -1.22. The van der Waals surface area contributed by atoms with E-state index in [4.69, 9.17) is 0 Å². The van der Waals surface area contributed by atoms with E-state index < -0.39 is 0 Å². The van der Waals surface area contributed by atoms with Crippen molar-refractivity contribution in [1.29, 1.82) is 0 Å². The molecule has 0 aliphatic rings. The number of rotatable bonds is 4. The Morgan fingerprint density at radius 3 is 2.54 bits per heavy atom. The van der Waals surface area contributed by atoms with Gasteiger partial charge in [-0.2, -0.15) is 0 Å². The van der Waals surface area contributed by atoms with E-state index in [-0.39, 0.29) is 11.6 Å². The van der Waals surface area contributed by atoms with Crippen LogP contribution >= 0.6 is 0 Å². The maximum Gasteiger partial charge on any atom is 0.164 e. The van der Waals surface area contributed by atoms with Gasteiger partial charge in [0.25, 0.3) is 0 Å². The van der Waals surface area contributed by atoms with Crippen LogP contribution in [0.25, 0.3) is 0 Å². The average Bonchev–Trinajstić information content (AvgIpc) is 2.15. The van der Waals surface area contributed by atoms with Crippen molar-refractivity contribution >= 4 is 5.78 Å². The van der Waals surface area contributed by atoms with Crippen molar-refractivity contribution in [2.75, 3.05) is 13.6 Å². The minimum atomic E-state index is -0.315. The molecule has 1 aromatic rings. The molecule has 0 aromatic heterocycles. The van der Waals surface area contributed by atoms with Crippen molar-refractivity contribution in [2.24, 2.45) is 0 Å². The zero-order valence-electron chi connectivity index (χ0n) is 7.51. The average molecular weight is 181 g/mol. The van der Waals surface area contributed by atoms with Gasteiger partial charge in [0, 0.05) is 18.5 Å². The van der Waals surface area contributed by atoms with Crippen LogP contribution in [0, 0.1) is 5.82 Å². The summed E-state index contributed by atoms with van der Waals surface area (Å²) in [7, 11) is 1.79. The molecule has 0 spiro atoms. The Morgan fingerprint density at radius 2 is 2.00 bits per heavy atom. The Labute approximate surface area is 76.8 Å². The Balaban J connectivity index is 2.61. The highest BCUT2D eigenvalue weighted by atomic mass is 19.1. The van der Waals surface area contributed by atoms with E-state index in [1.807, 2.05) is 0 Å². The molecule has 0 aliphatic heterocycles. The highest BCUT2D eigenvalue weighted by Gasteiger charge is 2.03. The van der Waals surface area contributed by atoms with Crippen molar-refractivity contribution in [1.82, 2.24) is 5.32 Å². The molecule has 70 valence electrons. The Kier molecular flexibility index (Phi) is 3.58. The smallest absolute Gasteiger partial charge is 0.164 e. The van der Waals surface area contributed by atoms with Crippen LogP contribution in [0.4, 0.5) is 4.39 Å². The molecule has 1 N–H and O–H groups in total. The van der Waals surface area contributed by atoms with Gasteiger partial charge < -0.3 is 5.32 Å². The number of hydrogen-bond acceptors (Lipinski definition) is 2. The van der Waals surface area contributed by atoms with Gasteiger partial charge in [0.2, 0.25) is 0 Å². The minimum Gasteiger partial charge on any atom is -0.319 e. The summed E-state index contributed by atoms with van der Waals surface area (Å²) < 4.78 is 12.5. The van der Waals surface area contributed by atoms with Gasteiger partial charge in [0.05, 0.1) is 0 Å². The van der Waals surface area contributed by atoms with Crippen molar-refractivity contribution in [3.63, 3.8) is 0 Å². The zero-order chi connectivity index (χ0) is 9.68.